The van der Waals surface area contributed by atoms with E-state index in [2.05, 4.69) is 10.1 Å². The van der Waals surface area contributed by atoms with Crippen LogP contribution in [-0.4, -0.2) is 60.5 Å². The van der Waals surface area contributed by atoms with E-state index < -0.39 is 0 Å². The summed E-state index contributed by atoms with van der Waals surface area (Å²) in [5.41, 5.74) is 13.5. The highest BCUT2D eigenvalue weighted by molar-refractivity contribution is 5.97. The van der Waals surface area contributed by atoms with Crippen molar-refractivity contribution in [2.45, 2.75) is 51.0 Å². The number of nitrogens with zero attached hydrogens (tertiary/aromatic N) is 2. The molecule has 1 saturated heterocycles. The molecule has 1 heterocycles. The standard InChI is InChI=1S/C28H42N4O4/c29-27(5-1-19-33)23-6-10-25(11-7-23)35-20-2-4-22-14-17-32(18-15-22)16-3-21-36-26-12-8-24(9-13-26)28(30)31-34/h6-13,22,27,33-34H,1-5,14-21,29H2,(H2,30,31). The predicted molar refractivity (Wildman–Crippen MR) is 143 cm³/mol. The summed E-state index contributed by atoms with van der Waals surface area (Å²) in [5, 5.41) is 20.7. The van der Waals surface area contributed by atoms with Crippen LogP contribution >= 0.6 is 0 Å². The Balaban J connectivity index is 1.22. The molecule has 198 valence electrons. The first-order chi connectivity index (χ1) is 17.6. The van der Waals surface area contributed by atoms with Gasteiger partial charge >= 0.3 is 0 Å². The minimum Gasteiger partial charge on any atom is -0.494 e. The third-order valence-corrected chi connectivity index (χ3v) is 6.86. The number of benzene rings is 2. The number of amidine groups is 1. The van der Waals surface area contributed by atoms with Crippen molar-refractivity contribution in [3.63, 3.8) is 0 Å². The van der Waals surface area contributed by atoms with Crippen LogP contribution in [0.5, 0.6) is 11.5 Å². The van der Waals surface area contributed by atoms with Crippen LogP contribution in [0.2, 0.25) is 0 Å². The molecule has 1 unspecified atom stereocenters. The summed E-state index contributed by atoms with van der Waals surface area (Å²) in [6.45, 7) is 4.96. The first kappa shape index (κ1) is 27.8. The van der Waals surface area contributed by atoms with Gasteiger partial charge in [-0.15, -0.1) is 0 Å². The average Bonchev–Trinajstić information content (AvgIpc) is 2.93. The van der Waals surface area contributed by atoms with E-state index in [9.17, 15) is 0 Å². The summed E-state index contributed by atoms with van der Waals surface area (Å²) in [7, 11) is 0. The molecular weight excluding hydrogens is 456 g/mol. The van der Waals surface area contributed by atoms with Gasteiger partial charge in [0.05, 0.1) is 13.2 Å². The van der Waals surface area contributed by atoms with Crippen molar-refractivity contribution in [1.29, 1.82) is 0 Å². The predicted octanol–water partition coefficient (Wildman–Crippen LogP) is 3.89. The second kappa shape index (κ2) is 15.3. The summed E-state index contributed by atoms with van der Waals surface area (Å²) >= 11 is 0. The Bertz CT molecular complexity index is 897. The smallest absolute Gasteiger partial charge is 0.170 e. The topological polar surface area (TPSA) is 127 Å². The zero-order valence-corrected chi connectivity index (χ0v) is 21.2. The van der Waals surface area contributed by atoms with Gasteiger partial charge in [-0.2, -0.15) is 0 Å². The highest BCUT2D eigenvalue weighted by Gasteiger charge is 2.18. The molecule has 2 aromatic carbocycles. The fourth-order valence-corrected chi connectivity index (χ4v) is 4.61. The molecule has 0 spiro atoms. The van der Waals surface area contributed by atoms with Crippen LogP contribution in [0.3, 0.4) is 0 Å². The molecule has 0 radical (unpaired) electrons. The number of likely N-dealkylation sites (tertiary alicyclic amines) is 1. The van der Waals surface area contributed by atoms with E-state index in [0.717, 1.165) is 74.9 Å². The summed E-state index contributed by atoms with van der Waals surface area (Å²) in [5.74, 6) is 2.56. The molecule has 1 fully saturated rings. The Hall–Kier alpha value is -2.81. The van der Waals surface area contributed by atoms with Gasteiger partial charge in [0.15, 0.2) is 5.84 Å². The van der Waals surface area contributed by atoms with Crippen LogP contribution in [0.1, 0.15) is 62.1 Å². The van der Waals surface area contributed by atoms with Gasteiger partial charge in [0, 0.05) is 24.8 Å². The number of aliphatic hydroxyl groups is 1. The second-order valence-corrected chi connectivity index (χ2v) is 9.53. The Kier molecular flexibility index (Phi) is 11.8. The van der Waals surface area contributed by atoms with E-state index in [1.165, 1.54) is 19.3 Å². The van der Waals surface area contributed by atoms with Crippen molar-refractivity contribution < 1.29 is 19.8 Å². The first-order valence-corrected chi connectivity index (χ1v) is 13.1. The number of oxime groups is 1. The molecule has 1 aliphatic heterocycles. The SMILES string of the molecule is N/C(=N\O)c1ccc(OCCCN2CCC(CCCOc3ccc(C(N)CCCO)cc3)CC2)cc1. The van der Waals surface area contributed by atoms with Crippen LogP contribution < -0.4 is 20.9 Å². The zero-order valence-electron chi connectivity index (χ0n) is 21.2. The van der Waals surface area contributed by atoms with Gasteiger partial charge in [0.2, 0.25) is 0 Å². The molecule has 3 rings (SSSR count). The molecule has 36 heavy (non-hydrogen) atoms. The first-order valence-electron chi connectivity index (χ1n) is 13.1. The normalized spacial score (nSPS) is 16.1. The monoisotopic (exact) mass is 498 g/mol. The maximum atomic E-state index is 8.94. The second-order valence-electron chi connectivity index (χ2n) is 9.53. The summed E-state index contributed by atoms with van der Waals surface area (Å²) in [4.78, 5) is 2.53. The molecular formula is C28H42N4O4. The fraction of sp³-hybridized carbons (Fsp3) is 0.536. The third kappa shape index (κ3) is 9.33. The van der Waals surface area contributed by atoms with Crippen molar-refractivity contribution in [3.8, 4) is 11.5 Å². The van der Waals surface area contributed by atoms with E-state index in [-0.39, 0.29) is 18.5 Å². The lowest BCUT2D eigenvalue weighted by atomic mass is 9.92. The highest BCUT2D eigenvalue weighted by atomic mass is 16.5. The van der Waals surface area contributed by atoms with E-state index in [4.69, 9.17) is 31.3 Å². The number of rotatable bonds is 15. The van der Waals surface area contributed by atoms with Crippen LogP contribution in [0.25, 0.3) is 0 Å². The lowest BCUT2D eigenvalue weighted by Crippen LogP contribution is -2.35. The van der Waals surface area contributed by atoms with Gasteiger partial charge in [-0.1, -0.05) is 17.3 Å². The summed E-state index contributed by atoms with van der Waals surface area (Å²) in [6.07, 6.45) is 7.28. The number of piperidine rings is 1. The average molecular weight is 499 g/mol. The molecule has 0 aromatic heterocycles. The molecule has 8 heteroatoms. The van der Waals surface area contributed by atoms with Crippen molar-refractivity contribution >= 4 is 5.84 Å². The van der Waals surface area contributed by atoms with Crippen molar-refractivity contribution in [3.05, 3.63) is 59.7 Å². The quantitative estimate of drug-likeness (QED) is 0.0964. The third-order valence-electron chi connectivity index (χ3n) is 6.86. The molecule has 2 aromatic rings. The molecule has 0 aliphatic carbocycles. The van der Waals surface area contributed by atoms with Gasteiger partial charge in [0.25, 0.3) is 0 Å². The van der Waals surface area contributed by atoms with E-state index in [1.807, 2.05) is 36.4 Å². The Morgan fingerprint density at radius 1 is 0.944 bits per heavy atom. The van der Waals surface area contributed by atoms with Gasteiger partial charge in [-0.05, 0) is 106 Å². The lowest BCUT2D eigenvalue weighted by Gasteiger charge is -2.32. The molecule has 0 bridgehead atoms. The minimum absolute atomic E-state index is 0.0315. The summed E-state index contributed by atoms with van der Waals surface area (Å²) < 4.78 is 11.8. The Labute approximate surface area is 214 Å². The maximum Gasteiger partial charge on any atom is 0.170 e. The van der Waals surface area contributed by atoms with Crippen molar-refractivity contribution in [1.82, 2.24) is 4.90 Å². The van der Waals surface area contributed by atoms with Gasteiger partial charge in [-0.3, -0.25) is 0 Å². The lowest BCUT2D eigenvalue weighted by molar-refractivity contribution is 0.161. The van der Waals surface area contributed by atoms with E-state index in [0.29, 0.717) is 12.2 Å². The number of nitrogens with two attached hydrogens (primary N) is 2. The molecule has 8 nitrogen and oxygen atoms in total. The van der Waals surface area contributed by atoms with Crippen molar-refractivity contribution in [2.75, 3.05) is 39.5 Å². The molecule has 6 N–H and O–H groups in total. The van der Waals surface area contributed by atoms with E-state index in [1.54, 1.807) is 12.1 Å². The number of hydrogen-bond donors (Lipinski definition) is 4. The number of aliphatic hydroxyl groups excluding tert-OH is 1. The molecule has 0 saturated carbocycles. The Morgan fingerprint density at radius 3 is 2.17 bits per heavy atom. The van der Waals surface area contributed by atoms with Gasteiger partial charge in [-0.25, -0.2) is 0 Å². The van der Waals surface area contributed by atoms with Gasteiger partial charge < -0.3 is 36.2 Å². The van der Waals surface area contributed by atoms with Crippen LogP contribution in [0.15, 0.2) is 53.7 Å². The number of ether oxygens (including phenoxy) is 2. The maximum absolute atomic E-state index is 8.94. The molecule has 1 aliphatic rings. The van der Waals surface area contributed by atoms with Crippen molar-refractivity contribution in [2.24, 2.45) is 22.5 Å². The summed E-state index contributed by atoms with van der Waals surface area (Å²) in [6, 6.07) is 15.3. The van der Waals surface area contributed by atoms with E-state index >= 15 is 0 Å². The highest BCUT2D eigenvalue weighted by Crippen LogP contribution is 2.23. The number of hydrogen-bond acceptors (Lipinski definition) is 7. The van der Waals surface area contributed by atoms with Crippen LogP contribution in [-0.2, 0) is 0 Å². The van der Waals surface area contributed by atoms with Crippen LogP contribution in [0.4, 0.5) is 0 Å². The largest absolute Gasteiger partial charge is 0.494 e. The fourth-order valence-electron chi connectivity index (χ4n) is 4.61. The zero-order chi connectivity index (χ0) is 25.6. The van der Waals surface area contributed by atoms with Gasteiger partial charge in [0.1, 0.15) is 11.5 Å². The minimum atomic E-state index is -0.0315. The van der Waals surface area contributed by atoms with Crippen LogP contribution in [0, 0.1) is 5.92 Å². The molecule has 1 atom stereocenters. The molecule has 0 amide bonds. The Morgan fingerprint density at radius 2 is 1.56 bits per heavy atom.